The minimum atomic E-state index is -4.90. The summed E-state index contributed by atoms with van der Waals surface area (Å²) in [6, 6.07) is 6.61. The topological polar surface area (TPSA) is 156 Å². The van der Waals surface area contributed by atoms with Crippen LogP contribution in [0, 0.1) is 0 Å². The molecular weight excluding hydrogens is 309 g/mol. The van der Waals surface area contributed by atoms with Gasteiger partial charge in [-0.3, -0.25) is 14.2 Å². The van der Waals surface area contributed by atoms with E-state index in [1.807, 2.05) is 5.32 Å². The molecule has 3 atom stereocenters. The van der Waals surface area contributed by atoms with Crippen LogP contribution < -0.4 is 16.8 Å². The number of nitrogens with one attached hydrogen (secondary N) is 1. The summed E-state index contributed by atoms with van der Waals surface area (Å²) in [5, 5.41) is 1.97. The summed E-state index contributed by atoms with van der Waals surface area (Å²) < 4.78 is 11.5. The molecule has 0 radical (unpaired) electrons. The van der Waals surface area contributed by atoms with E-state index in [9.17, 15) is 23.9 Å². The molecule has 0 aliphatic carbocycles. The highest BCUT2D eigenvalue weighted by Gasteiger charge is 2.39. The first-order chi connectivity index (χ1) is 10.1. The summed E-state index contributed by atoms with van der Waals surface area (Å²) >= 11 is 0. The highest BCUT2D eigenvalue weighted by molar-refractivity contribution is 7.53. The lowest BCUT2D eigenvalue weighted by Gasteiger charge is -2.22. The lowest BCUT2D eigenvalue weighted by Crippen LogP contribution is -2.52. The fourth-order valence-corrected chi connectivity index (χ4v) is 2.58. The molecule has 1 aromatic carbocycles. The number of hydrogen-bond acceptors (Lipinski definition) is 5. The van der Waals surface area contributed by atoms with Crippen LogP contribution in [0.2, 0.25) is 0 Å². The molecule has 0 aromatic heterocycles. The molecule has 0 aliphatic rings. The first kappa shape index (κ1) is 18.5. The molecule has 8 nitrogen and oxygen atoms in total. The SMILES string of the molecule is C[C@H](N)C(=O)NC(C(=O)[C@@H](N)Cc1ccccc1)P(=O)(O)O. The highest BCUT2D eigenvalue weighted by atomic mass is 31.2. The molecule has 0 aliphatic heterocycles. The zero-order valence-corrected chi connectivity index (χ0v) is 12.9. The van der Waals surface area contributed by atoms with Gasteiger partial charge in [-0.2, -0.15) is 0 Å². The van der Waals surface area contributed by atoms with Gasteiger partial charge in [-0.15, -0.1) is 0 Å². The maximum Gasteiger partial charge on any atom is 0.355 e. The number of carbonyl (C=O) groups excluding carboxylic acids is 2. The Morgan fingerprint density at radius 1 is 1.23 bits per heavy atom. The first-order valence-electron chi connectivity index (χ1n) is 6.57. The number of Topliss-reactive ketones (excluding diaryl/α,β-unsaturated/α-hetero) is 1. The predicted molar refractivity (Wildman–Crippen MR) is 80.8 cm³/mol. The van der Waals surface area contributed by atoms with Gasteiger partial charge in [0.05, 0.1) is 12.1 Å². The van der Waals surface area contributed by atoms with Gasteiger partial charge in [0.1, 0.15) is 0 Å². The van der Waals surface area contributed by atoms with Gasteiger partial charge in [0, 0.05) is 0 Å². The Morgan fingerprint density at radius 2 is 1.77 bits per heavy atom. The highest BCUT2D eigenvalue weighted by Crippen LogP contribution is 2.40. The number of ketones is 1. The van der Waals surface area contributed by atoms with Crippen LogP contribution in [-0.2, 0) is 20.6 Å². The van der Waals surface area contributed by atoms with Crippen molar-refractivity contribution in [2.24, 2.45) is 11.5 Å². The van der Waals surface area contributed by atoms with Crippen molar-refractivity contribution < 1.29 is 23.9 Å². The number of benzene rings is 1. The summed E-state index contributed by atoms with van der Waals surface area (Å²) in [5.41, 5.74) is 11.8. The molecule has 1 aromatic rings. The molecule has 0 saturated heterocycles. The van der Waals surface area contributed by atoms with E-state index in [1.54, 1.807) is 30.3 Å². The fraction of sp³-hybridized carbons (Fsp3) is 0.385. The third kappa shape index (κ3) is 5.32. The van der Waals surface area contributed by atoms with Crippen LogP contribution in [0.5, 0.6) is 0 Å². The first-order valence-corrected chi connectivity index (χ1v) is 8.25. The van der Waals surface area contributed by atoms with Crippen molar-refractivity contribution in [1.82, 2.24) is 5.32 Å². The summed E-state index contributed by atoms with van der Waals surface area (Å²) in [7, 11) is -4.90. The van der Waals surface area contributed by atoms with Crippen LogP contribution in [0.3, 0.4) is 0 Å². The normalized spacial score (nSPS) is 15.7. The van der Waals surface area contributed by atoms with Crippen molar-refractivity contribution in [2.75, 3.05) is 0 Å². The number of carbonyl (C=O) groups is 2. The van der Waals surface area contributed by atoms with Crippen LogP contribution in [0.4, 0.5) is 0 Å². The van der Waals surface area contributed by atoms with Crippen molar-refractivity contribution in [2.45, 2.75) is 31.2 Å². The average Bonchev–Trinajstić information content (AvgIpc) is 2.43. The second-order valence-electron chi connectivity index (χ2n) is 4.99. The monoisotopic (exact) mass is 329 g/mol. The van der Waals surface area contributed by atoms with Crippen molar-refractivity contribution in [3.8, 4) is 0 Å². The maximum atomic E-state index is 12.2. The Bertz CT molecular complexity index is 572. The molecule has 1 amide bonds. The zero-order chi connectivity index (χ0) is 16.9. The van der Waals surface area contributed by atoms with E-state index in [0.717, 1.165) is 5.56 Å². The molecule has 7 N–H and O–H groups in total. The van der Waals surface area contributed by atoms with Gasteiger partial charge >= 0.3 is 7.60 Å². The minimum Gasteiger partial charge on any atom is -0.335 e. The van der Waals surface area contributed by atoms with Crippen LogP contribution >= 0.6 is 7.60 Å². The van der Waals surface area contributed by atoms with Gasteiger partial charge in [0.25, 0.3) is 0 Å². The van der Waals surface area contributed by atoms with Crippen LogP contribution in [0.25, 0.3) is 0 Å². The van der Waals surface area contributed by atoms with Gasteiger partial charge in [0.2, 0.25) is 5.91 Å². The average molecular weight is 329 g/mol. The Labute approximate surface area is 128 Å². The van der Waals surface area contributed by atoms with Gasteiger partial charge < -0.3 is 26.6 Å². The molecule has 0 heterocycles. The summed E-state index contributed by atoms with van der Waals surface area (Å²) in [6.07, 6.45) is 0.101. The van der Waals surface area contributed by atoms with E-state index < -0.39 is 37.2 Å². The van der Waals surface area contributed by atoms with E-state index in [-0.39, 0.29) is 6.42 Å². The smallest absolute Gasteiger partial charge is 0.335 e. The molecule has 1 rings (SSSR count). The largest absolute Gasteiger partial charge is 0.355 e. The van der Waals surface area contributed by atoms with Gasteiger partial charge in [-0.25, -0.2) is 0 Å². The third-order valence-electron chi connectivity index (χ3n) is 2.96. The number of amides is 1. The van der Waals surface area contributed by atoms with E-state index >= 15 is 0 Å². The minimum absolute atomic E-state index is 0.101. The van der Waals surface area contributed by atoms with Gasteiger partial charge in [0.15, 0.2) is 11.6 Å². The Kier molecular flexibility index (Phi) is 6.40. The number of nitrogens with two attached hydrogens (primary N) is 2. The van der Waals surface area contributed by atoms with Crippen molar-refractivity contribution in [3.63, 3.8) is 0 Å². The molecule has 1 unspecified atom stereocenters. The van der Waals surface area contributed by atoms with Crippen molar-refractivity contribution in [1.29, 1.82) is 0 Å². The van der Waals surface area contributed by atoms with E-state index in [0.29, 0.717) is 0 Å². The molecule has 9 heteroatoms. The Hall–Kier alpha value is -1.57. The lowest BCUT2D eigenvalue weighted by atomic mass is 10.0. The standard InChI is InChI=1S/C13H20N3O5P/c1-8(14)12(18)16-13(22(19,20)21)11(17)10(15)7-9-5-3-2-4-6-9/h2-6,8,10,13H,7,14-15H2,1H3,(H,16,18)(H2,19,20,21)/t8-,10-,13?/m0/s1. The van der Waals surface area contributed by atoms with Crippen molar-refractivity contribution >= 4 is 19.3 Å². The van der Waals surface area contributed by atoms with E-state index in [1.165, 1.54) is 6.92 Å². The zero-order valence-electron chi connectivity index (χ0n) is 12.0. The summed E-state index contributed by atoms with van der Waals surface area (Å²) in [6.45, 7) is 1.33. The van der Waals surface area contributed by atoms with E-state index in [2.05, 4.69) is 0 Å². The summed E-state index contributed by atoms with van der Waals surface area (Å²) in [4.78, 5) is 42.2. The molecule has 0 bridgehead atoms. The number of rotatable bonds is 7. The maximum absolute atomic E-state index is 12.2. The Morgan fingerprint density at radius 3 is 2.23 bits per heavy atom. The lowest BCUT2D eigenvalue weighted by molar-refractivity contribution is -0.127. The predicted octanol–water partition coefficient (Wildman–Crippen LogP) is -0.907. The number of hydrogen-bond donors (Lipinski definition) is 5. The molecule has 22 heavy (non-hydrogen) atoms. The van der Waals surface area contributed by atoms with Crippen LogP contribution in [0.1, 0.15) is 12.5 Å². The third-order valence-corrected chi connectivity index (χ3v) is 4.02. The van der Waals surface area contributed by atoms with Gasteiger partial charge in [-0.05, 0) is 18.9 Å². The molecule has 0 spiro atoms. The van der Waals surface area contributed by atoms with Gasteiger partial charge in [-0.1, -0.05) is 30.3 Å². The second-order valence-corrected chi connectivity index (χ2v) is 6.68. The summed E-state index contributed by atoms with van der Waals surface area (Å²) in [5.74, 6) is -3.77. The quantitative estimate of drug-likeness (QED) is 0.405. The molecule has 0 saturated carbocycles. The molecular formula is C13H20N3O5P. The molecule has 122 valence electrons. The second kappa shape index (κ2) is 7.62. The van der Waals surface area contributed by atoms with Crippen LogP contribution in [0.15, 0.2) is 30.3 Å². The van der Waals surface area contributed by atoms with Crippen LogP contribution in [-0.4, -0.2) is 39.3 Å². The van der Waals surface area contributed by atoms with E-state index in [4.69, 9.17) is 11.5 Å². The fourth-order valence-electron chi connectivity index (χ4n) is 1.76. The van der Waals surface area contributed by atoms with Crippen molar-refractivity contribution in [3.05, 3.63) is 35.9 Å². The molecule has 0 fully saturated rings. The Balaban J connectivity index is 2.87.